The van der Waals surface area contributed by atoms with Crippen molar-refractivity contribution in [3.8, 4) is 0 Å². The molecule has 4 rings (SSSR count). The Balaban J connectivity index is 1.30. The first kappa shape index (κ1) is 17.8. The van der Waals surface area contributed by atoms with Crippen molar-refractivity contribution < 1.29 is 9.53 Å². The van der Waals surface area contributed by atoms with Gasteiger partial charge in [-0.25, -0.2) is 4.79 Å². The summed E-state index contributed by atoms with van der Waals surface area (Å²) in [6.07, 6.45) is 6.68. The van der Waals surface area contributed by atoms with Gasteiger partial charge < -0.3 is 15.4 Å². The Morgan fingerprint density at radius 1 is 1.23 bits per heavy atom. The maximum absolute atomic E-state index is 12.2. The summed E-state index contributed by atoms with van der Waals surface area (Å²) >= 11 is 0. The zero-order valence-electron chi connectivity index (χ0n) is 15.8. The summed E-state index contributed by atoms with van der Waals surface area (Å²) < 4.78 is 7.79. The molecule has 1 aromatic rings. The van der Waals surface area contributed by atoms with Crippen molar-refractivity contribution >= 4 is 6.03 Å². The molecule has 7 heteroatoms. The van der Waals surface area contributed by atoms with Crippen LogP contribution in [0.15, 0.2) is 0 Å². The molecule has 1 atom stereocenters. The molecule has 1 saturated carbocycles. The fraction of sp³-hybridized carbons (Fsp3) is 0.789. The summed E-state index contributed by atoms with van der Waals surface area (Å²) in [6.45, 7) is 7.28. The predicted octanol–water partition coefficient (Wildman–Crippen LogP) is 1.79. The smallest absolute Gasteiger partial charge is 0.315 e. The quantitative estimate of drug-likeness (QED) is 0.839. The van der Waals surface area contributed by atoms with Crippen molar-refractivity contribution in [2.75, 3.05) is 19.7 Å². The van der Waals surface area contributed by atoms with Gasteiger partial charge in [-0.3, -0.25) is 9.58 Å². The highest BCUT2D eigenvalue weighted by Gasteiger charge is 2.28. The Hall–Kier alpha value is -1.60. The molecule has 0 radical (unpaired) electrons. The lowest BCUT2D eigenvalue weighted by Gasteiger charge is -2.19. The third-order valence-electron chi connectivity index (χ3n) is 5.95. The Kier molecular flexibility index (Phi) is 5.45. The van der Waals surface area contributed by atoms with E-state index in [9.17, 15) is 4.79 Å². The summed E-state index contributed by atoms with van der Waals surface area (Å²) in [6, 6.07) is 0.610. The number of hydrogen-bond acceptors (Lipinski definition) is 4. The van der Waals surface area contributed by atoms with E-state index in [1.807, 2.05) is 0 Å². The van der Waals surface area contributed by atoms with Gasteiger partial charge in [0.2, 0.25) is 0 Å². The number of hydrogen-bond donors (Lipinski definition) is 2. The van der Waals surface area contributed by atoms with E-state index in [-0.39, 0.29) is 12.1 Å². The van der Waals surface area contributed by atoms with E-state index < -0.39 is 0 Å². The number of carbonyl (C=O) groups is 1. The molecule has 3 heterocycles. The number of rotatable bonds is 5. The molecular weight excluding hydrogens is 330 g/mol. The molecule has 2 fully saturated rings. The first-order chi connectivity index (χ1) is 12.7. The number of nitrogens with zero attached hydrogens (tertiary/aromatic N) is 3. The summed E-state index contributed by atoms with van der Waals surface area (Å²) in [5, 5.41) is 11.1. The van der Waals surface area contributed by atoms with Gasteiger partial charge in [-0.2, -0.15) is 5.10 Å². The highest BCUT2D eigenvalue weighted by Crippen LogP contribution is 2.23. The molecule has 2 amide bonds. The predicted molar refractivity (Wildman–Crippen MR) is 98.9 cm³/mol. The SMILES string of the molecule is CCn1nc(CN2CCC(NC(=O)NC3CCCC3)C2)c2c1CCOC2. The topological polar surface area (TPSA) is 71.4 Å². The monoisotopic (exact) mass is 361 g/mol. The van der Waals surface area contributed by atoms with Crippen LogP contribution in [0.1, 0.15) is 56.0 Å². The van der Waals surface area contributed by atoms with Crippen LogP contribution in [0, 0.1) is 0 Å². The van der Waals surface area contributed by atoms with E-state index >= 15 is 0 Å². The molecule has 1 aromatic heterocycles. The minimum absolute atomic E-state index is 0.00444. The normalized spacial score (nSPS) is 24.0. The van der Waals surface area contributed by atoms with Gasteiger partial charge in [0.05, 0.1) is 18.9 Å². The fourth-order valence-electron chi connectivity index (χ4n) is 4.56. The van der Waals surface area contributed by atoms with E-state index in [0.29, 0.717) is 12.6 Å². The summed E-state index contributed by atoms with van der Waals surface area (Å²) in [5.74, 6) is 0. The van der Waals surface area contributed by atoms with E-state index in [1.54, 1.807) is 0 Å². The number of nitrogens with one attached hydrogen (secondary N) is 2. The highest BCUT2D eigenvalue weighted by atomic mass is 16.5. The molecule has 1 saturated heterocycles. The molecule has 1 aliphatic carbocycles. The van der Waals surface area contributed by atoms with Crippen LogP contribution >= 0.6 is 0 Å². The van der Waals surface area contributed by atoms with Crippen LogP contribution in [0.5, 0.6) is 0 Å². The molecule has 2 N–H and O–H groups in total. The molecule has 0 bridgehead atoms. The number of ether oxygens (including phenoxy) is 1. The van der Waals surface area contributed by atoms with Gasteiger partial charge in [0.25, 0.3) is 0 Å². The summed E-state index contributed by atoms with van der Waals surface area (Å²) in [5.41, 5.74) is 3.78. The van der Waals surface area contributed by atoms with Crippen LogP contribution in [-0.2, 0) is 30.9 Å². The molecule has 7 nitrogen and oxygen atoms in total. The second-order valence-corrected chi connectivity index (χ2v) is 7.81. The highest BCUT2D eigenvalue weighted by molar-refractivity contribution is 5.74. The molecule has 144 valence electrons. The molecule has 26 heavy (non-hydrogen) atoms. The number of aromatic nitrogens is 2. The standard InChI is InChI=1S/C19H31N5O2/c1-2-24-18-8-10-26-13-16(18)17(22-24)12-23-9-7-15(11-23)21-19(25)20-14-5-3-4-6-14/h14-15H,2-13H2,1H3,(H2,20,21,25). The number of urea groups is 1. The van der Waals surface area contributed by atoms with Gasteiger partial charge in [0.1, 0.15) is 0 Å². The number of amides is 2. The zero-order chi connectivity index (χ0) is 17.9. The van der Waals surface area contributed by atoms with E-state index in [1.165, 1.54) is 24.1 Å². The van der Waals surface area contributed by atoms with Crippen molar-refractivity contribution in [1.82, 2.24) is 25.3 Å². The zero-order valence-corrected chi connectivity index (χ0v) is 15.8. The third-order valence-corrected chi connectivity index (χ3v) is 5.95. The summed E-state index contributed by atoms with van der Waals surface area (Å²) in [7, 11) is 0. The molecule has 2 aliphatic heterocycles. The van der Waals surface area contributed by atoms with Crippen molar-refractivity contribution in [2.24, 2.45) is 0 Å². The number of likely N-dealkylation sites (tertiary alicyclic amines) is 1. The minimum Gasteiger partial charge on any atom is -0.376 e. The van der Waals surface area contributed by atoms with Crippen LogP contribution in [0.3, 0.4) is 0 Å². The maximum atomic E-state index is 12.2. The van der Waals surface area contributed by atoms with Gasteiger partial charge >= 0.3 is 6.03 Å². The average molecular weight is 361 g/mol. The van der Waals surface area contributed by atoms with Crippen LogP contribution in [0.4, 0.5) is 4.79 Å². The van der Waals surface area contributed by atoms with Crippen LogP contribution in [0.2, 0.25) is 0 Å². The molecule has 0 spiro atoms. The fourth-order valence-corrected chi connectivity index (χ4v) is 4.56. The van der Waals surface area contributed by atoms with Gasteiger partial charge in [-0.15, -0.1) is 0 Å². The van der Waals surface area contributed by atoms with Crippen LogP contribution < -0.4 is 10.6 Å². The minimum atomic E-state index is 0.00444. The first-order valence-corrected chi connectivity index (χ1v) is 10.2. The van der Waals surface area contributed by atoms with Crippen LogP contribution in [-0.4, -0.2) is 52.5 Å². The Morgan fingerprint density at radius 3 is 2.85 bits per heavy atom. The van der Waals surface area contributed by atoms with Crippen molar-refractivity contribution in [3.05, 3.63) is 17.0 Å². The number of fused-ring (bicyclic) bond motifs is 1. The Morgan fingerprint density at radius 2 is 2.04 bits per heavy atom. The number of aryl methyl sites for hydroxylation is 1. The van der Waals surface area contributed by atoms with Gasteiger partial charge in [0.15, 0.2) is 0 Å². The van der Waals surface area contributed by atoms with Crippen LogP contribution in [0.25, 0.3) is 0 Å². The largest absolute Gasteiger partial charge is 0.376 e. The lowest BCUT2D eigenvalue weighted by atomic mass is 10.1. The molecular formula is C19H31N5O2. The Labute approximate surface area is 155 Å². The van der Waals surface area contributed by atoms with Gasteiger partial charge in [-0.05, 0) is 26.2 Å². The van der Waals surface area contributed by atoms with E-state index in [2.05, 4.69) is 27.1 Å². The molecule has 1 unspecified atom stereocenters. The second-order valence-electron chi connectivity index (χ2n) is 7.81. The van der Waals surface area contributed by atoms with E-state index in [4.69, 9.17) is 9.84 Å². The van der Waals surface area contributed by atoms with Gasteiger partial charge in [0, 0.05) is 55.9 Å². The molecule has 0 aromatic carbocycles. The second kappa shape index (κ2) is 7.96. The third kappa shape index (κ3) is 3.88. The summed E-state index contributed by atoms with van der Waals surface area (Å²) in [4.78, 5) is 14.6. The molecule has 3 aliphatic rings. The maximum Gasteiger partial charge on any atom is 0.315 e. The number of carbonyl (C=O) groups excluding carboxylic acids is 1. The Bertz CT molecular complexity index is 638. The van der Waals surface area contributed by atoms with Crippen molar-refractivity contribution in [3.63, 3.8) is 0 Å². The van der Waals surface area contributed by atoms with E-state index in [0.717, 1.165) is 64.2 Å². The lowest BCUT2D eigenvalue weighted by Crippen LogP contribution is -2.46. The van der Waals surface area contributed by atoms with Crippen molar-refractivity contribution in [2.45, 2.75) is 77.2 Å². The van der Waals surface area contributed by atoms with Gasteiger partial charge in [-0.1, -0.05) is 12.8 Å². The first-order valence-electron chi connectivity index (χ1n) is 10.2. The lowest BCUT2D eigenvalue weighted by molar-refractivity contribution is 0.108. The average Bonchev–Trinajstić information content (AvgIpc) is 3.37. The van der Waals surface area contributed by atoms with Crippen molar-refractivity contribution in [1.29, 1.82) is 0 Å².